The number of hydrogen-bond donors (Lipinski definition) is 0. The van der Waals surface area contributed by atoms with E-state index in [-0.39, 0.29) is 22.4 Å². The van der Waals surface area contributed by atoms with E-state index in [1.807, 2.05) is 67.5 Å². The molecule has 2 atom stereocenters. The topological polar surface area (TPSA) is 127 Å². The molecule has 1 aliphatic rings. The number of methoxy groups -OCH3 is 1. The number of thiocarbonyl (C=S) groups is 2. The highest BCUT2D eigenvalue weighted by atomic mass is 33.1. The van der Waals surface area contributed by atoms with Crippen LogP contribution in [0.1, 0.15) is 45.4 Å². The maximum atomic E-state index is 13.6. The van der Waals surface area contributed by atoms with Gasteiger partial charge in [-0.15, -0.1) is 11.8 Å². The molecular weight excluding hydrogens is 849 g/mol. The molecule has 59 heavy (non-hydrogen) atoms. The third-order valence-corrected chi connectivity index (χ3v) is 14.4. The van der Waals surface area contributed by atoms with E-state index in [0.29, 0.717) is 24.3 Å². The molecule has 4 aromatic rings. The van der Waals surface area contributed by atoms with Gasteiger partial charge in [-0.3, -0.25) is 23.5 Å². The number of imidazole rings is 1. The Morgan fingerprint density at radius 2 is 1.42 bits per heavy atom. The molecule has 0 unspecified atom stereocenters. The molecule has 322 valence electrons. The summed E-state index contributed by atoms with van der Waals surface area (Å²) in [6.45, 7) is 14.8. The molecular formula is C40H56N8O6S5. The quantitative estimate of drug-likeness (QED) is 0.106. The molecule has 0 radical (unpaired) electrons. The molecule has 1 amide bonds. The third-order valence-electron chi connectivity index (χ3n) is 9.25. The first-order chi connectivity index (χ1) is 28.0. The van der Waals surface area contributed by atoms with Gasteiger partial charge < -0.3 is 33.6 Å². The molecule has 2 aromatic carbocycles. The van der Waals surface area contributed by atoms with Crippen molar-refractivity contribution in [3.8, 4) is 5.75 Å². The molecule has 19 heteroatoms. The van der Waals surface area contributed by atoms with E-state index in [1.54, 1.807) is 64.0 Å². The average Bonchev–Trinajstić information content (AvgIpc) is 3.57. The van der Waals surface area contributed by atoms with E-state index in [0.717, 1.165) is 61.3 Å². The fraction of sp³-hybridized carbons (Fsp3) is 0.475. The van der Waals surface area contributed by atoms with Crippen molar-refractivity contribution < 1.29 is 19.1 Å². The van der Waals surface area contributed by atoms with Crippen LogP contribution >= 0.6 is 57.8 Å². The number of thioether (sulfide) groups is 1. The molecule has 2 aromatic heterocycles. The Morgan fingerprint density at radius 1 is 0.864 bits per heavy atom. The predicted octanol–water partition coefficient (Wildman–Crippen LogP) is 5.96. The number of likely N-dealkylation sites (N-methyl/N-ethyl adjacent to an activating group) is 1. The molecule has 0 fully saturated rings. The fourth-order valence-corrected chi connectivity index (χ4v) is 10.2. The van der Waals surface area contributed by atoms with Gasteiger partial charge in [-0.2, -0.15) is 0 Å². The number of para-hydroxylation sites is 1. The third kappa shape index (κ3) is 13.1. The van der Waals surface area contributed by atoms with Crippen molar-refractivity contribution in [1.29, 1.82) is 0 Å². The molecule has 14 nitrogen and oxygen atoms in total. The number of fused-ring (bicyclic) bond motifs is 2. The number of amides is 1. The van der Waals surface area contributed by atoms with Crippen LogP contribution in [0, 0.1) is 0 Å². The zero-order valence-electron chi connectivity index (χ0n) is 35.7. The van der Waals surface area contributed by atoms with Gasteiger partial charge in [0, 0.05) is 72.2 Å². The summed E-state index contributed by atoms with van der Waals surface area (Å²) in [5, 5.41) is -0.359. The molecule has 0 aliphatic carbocycles. The molecule has 0 saturated carbocycles. The van der Waals surface area contributed by atoms with Crippen molar-refractivity contribution in [2.24, 2.45) is 21.1 Å². The summed E-state index contributed by atoms with van der Waals surface area (Å²) < 4.78 is 16.7. The number of aromatic nitrogens is 4. The van der Waals surface area contributed by atoms with Crippen LogP contribution < -0.4 is 20.9 Å². The smallest absolute Gasteiger partial charge is 0.332 e. The molecule has 0 bridgehead atoms. The van der Waals surface area contributed by atoms with Crippen LogP contribution in [0.5, 0.6) is 5.75 Å². The number of hydrogen-bond acceptors (Lipinski definition) is 13. The summed E-state index contributed by atoms with van der Waals surface area (Å²) in [5.74, 6) is 0.0528. The highest BCUT2D eigenvalue weighted by molar-refractivity contribution is 8.89. The summed E-state index contributed by atoms with van der Waals surface area (Å²) in [5.41, 5.74) is 1.93. The Bertz CT molecular complexity index is 2140. The molecule has 0 spiro atoms. The van der Waals surface area contributed by atoms with Gasteiger partial charge in [-0.25, -0.2) is 9.78 Å². The van der Waals surface area contributed by atoms with E-state index < -0.39 is 12.1 Å². The average molecular weight is 905 g/mol. The van der Waals surface area contributed by atoms with E-state index >= 15 is 0 Å². The van der Waals surface area contributed by atoms with Crippen LogP contribution in [0.2, 0.25) is 0 Å². The Morgan fingerprint density at radius 3 is 1.93 bits per heavy atom. The van der Waals surface area contributed by atoms with Crippen molar-refractivity contribution in [1.82, 2.24) is 33.4 Å². The van der Waals surface area contributed by atoms with Crippen molar-refractivity contribution in [3.63, 3.8) is 0 Å². The van der Waals surface area contributed by atoms with Crippen molar-refractivity contribution in [2.75, 3.05) is 65.4 Å². The number of aryl methyl sites for hydroxylation is 2. The number of carbonyl (C=O) groups is 2. The van der Waals surface area contributed by atoms with Gasteiger partial charge in [0.15, 0.2) is 17.3 Å². The maximum absolute atomic E-state index is 13.6. The lowest BCUT2D eigenvalue weighted by molar-refractivity contribution is -0.152. The number of esters is 1. The van der Waals surface area contributed by atoms with Crippen LogP contribution in [0.4, 0.5) is 5.69 Å². The fourth-order valence-electron chi connectivity index (χ4n) is 5.85. The standard InChI is InChI=1S/C22H26N2O4S.C10H20N2S4.C8H10N4O2/c1-15(25)28-20-21(16-9-11-17(27-4)12-10-16)29-19-8-6-5-7-18(19)24(22(20)26)14-13-23(2)3;1-5-11(6-2)9(13)15-16-10(14)12(7-3)8-4;1-10-4-9-6-5(10)7(13)12(3)8(14)11(6)2/h5-12,20-21H,13-14H2,1-4H3;5-8H2,1-4H3;4H,1-3H3/t20-,21+;;/m1../s1. The van der Waals surface area contributed by atoms with Gasteiger partial charge in [0.1, 0.15) is 14.4 Å². The summed E-state index contributed by atoms with van der Waals surface area (Å²) in [6, 6.07) is 15.4. The Hall–Kier alpha value is -3.88. The monoisotopic (exact) mass is 904 g/mol. The van der Waals surface area contributed by atoms with Crippen LogP contribution in [0.15, 0.2) is 69.3 Å². The second kappa shape index (κ2) is 23.8. The van der Waals surface area contributed by atoms with Crippen molar-refractivity contribution in [3.05, 3.63) is 81.3 Å². The largest absolute Gasteiger partial charge is 0.497 e. The van der Waals surface area contributed by atoms with Gasteiger partial charge in [-0.1, -0.05) is 48.7 Å². The van der Waals surface area contributed by atoms with Crippen molar-refractivity contribution in [2.45, 2.75) is 50.9 Å². The summed E-state index contributed by atoms with van der Waals surface area (Å²) in [7, 11) is 13.5. The molecule has 1 aliphatic heterocycles. The summed E-state index contributed by atoms with van der Waals surface area (Å²) in [6.07, 6.45) is 0.603. The van der Waals surface area contributed by atoms with Crippen LogP contribution in [0.3, 0.4) is 0 Å². The Kier molecular flexibility index (Phi) is 20.0. The molecule has 0 saturated heterocycles. The second-order valence-electron chi connectivity index (χ2n) is 13.4. The predicted molar refractivity (Wildman–Crippen MR) is 252 cm³/mol. The molecule has 0 N–H and O–H groups in total. The van der Waals surface area contributed by atoms with Gasteiger partial charge >= 0.3 is 11.7 Å². The van der Waals surface area contributed by atoms with Crippen LogP contribution in [0.25, 0.3) is 11.2 Å². The van der Waals surface area contributed by atoms with E-state index in [9.17, 15) is 19.2 Å². The van der Waals surface area contributed by atoms with Crippen LogP contribution in [-0.4, -0.2) is 120 Å². The first-order valence-electron chi connectivity index (χ1n) is 19.1. The lowest BCUT2D eigenvalue weighted by atomic mass is 10.1. The molecule has 5 rings (SSSR count). The molecule has 3 heterocycles. The summed E-state index contributed by atoms with van der Waals surface area (Å²) in [4.78, 5) is 61.6. The number of benzene rings is 2. The summed E-state index contributed by atoms with van der Waals surface area (Å²) >= 11 is 12.2. The van der Waals surface area contributed by atoms with Gasteiger partial charge in [0.2, 0.25) is 0 Å². The lowest BCUT2D eigenvalue weighted by Gasteiger charge is -2.28. The Balaban J connectivity index is 0.000000262. The number of rotatable bonds is 10. The number of ether oxygens (including phenoxy) is 2. The minimum atomic E-state index is -0.916. The maximum Gasteiger partial charge on any atom is 0.332 e. The minimum Gasteiger partial charge on any atom is -0.497 e. The van der Waals surface area contributed by atoms with Gasteiger partial charge in [0.25, 0.3) is 11.5 Å². The zero-order valence-corrected chi connectivity index (χ0v) is 39.7. The number of anilines is 1. The van der Waals surface area contributed by atoms with Gasteiger partial charge in [0.05, 0.1) is 24.4 Å². The lowest BCUT2D eigenvalue weighted by Crippen LogP contribution is -2.45. The second-order valence-corrected chi connectivity index (χ2v) is 18.0. The minimum absolute atomic E-state index is 0.208. The van der Waals surface area contributed by atoms with E-state index in [2.05, 4.69) is 42.5 Å². The zero-order chi connectivity index (χ0) is 44.0. The van der Waals surface area contributed by atoms with Gasteiger partial charge in [-0.05, 0) is 93.2 Å². The highest BCUT2D eigenvalue weighted by Gasteiger charge is 2.40. The van der Waals surface area contributed by atoms with Crippen LogP contribution in [-0.2, 0) is 35.5 Å². The SMILES string of the molecule is CCN(CC)C(=S)SSC(=S)N(CC)CC.COc1ccc([C@@H]2Sc3ccccc3N(CCN(C)C)C(=O)[C@@H]2OC(C)=O)cc1.Cn1c(=O)c2c(ncn2C)n(C)c1=O. The first kappa shape index (κ1) is 49.5. The van der Waals surface area contributed by atoms with E-state index in [4.69, 9.17) is 33.9 Å². The number of nitrogens with zero attached hydrogens (tertiary/aromatic N) is 8. The van der Waals surface area contributed by atoms with E-state index in [1.165, 1.54) is 24.9 Å². The first-order valence-corrected chi connectivity index (χ1v) is 22.9. The highest BCUT2D eigenvalue weighted by Crippen LogP contribution is 2.46. The Labute approximate surface area is 370 Å². The number of carbonyl (C=O) groups excluding carboxylic acids is 2. The van der Waals surface area contributed by atoms with Crippen molar-refractivity contribution >= 4 is 95.2 Å². The normalized spacial score (nSPS) is 14.6.